The number of imidazole rings is 1. The predicted molar refractivity (Wildman–Crippen MR) is 87.0 cm³/mol. The zero-order chi connectivity index (χ0) is 17.7. The Kier molecular flexibility index (Phi) is 5.83. The molecule has 1 aromatic heterocycles. The average Bonchev–Trinajstić information content (AvgIpc) is 2.94. The highest BCUT2D eigenvalue weighted by molar-refractivity contribution is 5.98. The van der Waals surface area contributed by atoms with E-state index in [1.807, 2.05) is 13.8 Å². The van der Waals surface area contributed by atoms with Gasteiger partial charge in [-0.15, -0.1) is 0 Å². The second kappa shape index (κ2) is 7.85. The monoisotopic (exact) mass is 338 g/mol. The molecule has 24 heavy (non-hydrogen) atoms. The molecule has 0 aliphatic rings. The number of alkyl halides is 2. The number of nitrogens with one attached hydrogen (secondary N) is 1. The highest BCUT2D eigenvalue weighted by atomic mass is 19.3. The van der Waals surface area contributed by atoms with Gasteiger partial charge in [0.15, 0.2) is 12.4 Å². The van der Waals surface area contributed by atoms with Gasteiger partial charge in [0.1, 0.15) is 5.71 Å². The summed E-state index contributed by atoms with van der Waals surface area (Å²) < 4.78 is 27.5. The van der Waals surface area contributed by atoms with Crippen LogP contribution in [-0.2, 0) is 9.63 Å². The molecule has 1 heterocycles. The first kappa shape index (κ1) is 17.8. The van der Waals surface area contributed by atoms with Crippen LogP contribution in [0.25, 0.3) is 11.0 Å². The largest absolute Gasteiger partial charge is 0.385 e. The summed E-state index contributed by atoms with van der Waals surface area (Å²) in [4.78, 5) is 20.7. The highest BCUT2D eigenvalue weighted by Gasteiger charge is 2.19. The summed E-state index contributed by atoms with van der Waals surface area (Å²) in [7, 11) is 0. The maximum atomic E-state index is 13.3. The van der Waals surface area contributed by atoms with E-state index in [-0.39, 0.29) is 30.1 Å². The lowest BCUT2D eigenvalue weighted by atomic mass is 10.2. The van der Waals surface area contributed by atoms with Gasteiger partial charge < -0.3 is 10.2 Å². The summed E-state index contributed by atoms with van der Waals surface area (Å²) in [5.41, 5.74) is 0.922. The van der Waals surface area contributed by atoms with Crippen molar-refractivity contribution in [2.45, 2.75) is 39.8 Å². The molecule has 6 nitrogen and oxygen atoms in total. The van der Waals surface area contributed by atoms with Gasteiger partial charge >= 0.3 is 6.55 Å². The smallest absolute Gasteiger partial charge is 0.320 e. The average molecular weight is 338 g/mol. The molecule has 130 valence electrons. The van der Waals surface area contributed by atoms with Gasteiger partial charge in [-0.2, -0.15) is 8.78 Å². The Morgan fingerprint density at radius 1 is 1.42 bits per heavy atom. The first-order valence-corrected chi connectivity index (χ1v) is 7.65. The molecule has 1 atom stereocenters. The summed E-state index contributed by atoms with van der Waals surface area (Å²) in [5, 5.41) is 6.47. The van der Waals surface area contributed by atoms with Gasteiger partial charge in [-0.1, -0.05) is 24.2 Å². The van der Waals surface area contributed by atoms with Crippen LogP contribution in [0.2, 0.25) is 0 Å². The quantitative estimate of drug-likeness (QED) is 0.623. The molecule has 1 amide bonds. The van der Waals surface area contributed by atoms with Gasteiger partial charge in [-0.3, -0.25) is 9.36 Å². The molecule has 1 aromatic carbocycles. The molecule has 1 N–H and O–H groups in total. The Hall–Kier alpha value is -2.51. The number of carbonyl (C=O) groups is 1. The zero-order valence-corrected chi connectivity index (χ0v) is 13.8. The number of benzene rings is 1. The van der Waals surface area contributed by atoms with Crippen LogP contribution < -0.4 is 5.32 Å². The van der Waals surface area contributed by atoms with Crippen LogP contribution in [0.3, 0.4) is 0 Å². The second-order valence-electron chi connectivity index (χ2n) is 5.40. The number of carbonyl (C=O) groups excluding carboxylic acids is 1. The Morgan fingerprint density at radius 2 is 2.12 bits per heavy atom. The van der Waals surface area contributed by atoms with Crippen molar-refractivity contribution in [3.63, 3.8) is 0 Å². The van der Waals surface area contributed by atoms with E-state index < -0.39 is 6.55 Å². The van der Waals surface area contributed by atoms with E-state index in [2.05, 4.69) is 15.5 Å². The number of hydrogen-bond acceptors (Lipinski definition) is 4. The first-order valence-electron chi connectivity index (χ1n) is 7.65. The van der Waals surface area contributed by atoms with E-state index in [4.69, 9.17) is 4.84 Å². The van der Waals surface area contributed by atoms with Gasteiger partial charge in [0.2, 0.25) is 0 Å². The van der Waals surface area contributed by atoms with Crippen LogP contribution >= 0.6 is 0 Å². The van der Waals surface area contributed by atoms with Crippen LogP contribution in [-0.4, -0.2) is 33.8 Å². The molecule has 2 aromatic rings. The van der Waals surface area contributed by atoms with E-state index in [1.165, 1.54) is 6.92 Å². The number of halogens is 2. The van der Waals surface area contributed by atoms with E-state index >= 15 is 0 Å². The van der Waals surface area contributed by atoms with Crippen LogP contribution in [0.5, 0.6) is 0 Å². The lowest BCUT2D eigenvalue weighted by Crippen LogP contribution is -2.34. The van der Waals surface area contributed by atoms with Gasteiger partial charge in [0.05, 0.1) is 11.0 Å². The Morgan fingerprint density at radius 3 is 2.79 bits per heavy atom. The number of amides is 1. The van der Waals surface area contributed by atoms with Crippen molar-refractivity contribution in [3.8, 4) is 0 Å². The zero-order valence-electron chi connectivity index (χ0n) is 13.8. The Balaban J connectivity index is 2.14. The van der Waals surface area contributed by atoms with Gasteiger partial charge in [-0.25, -0.2) is 4.98 Å². The number of aromatic nitrogens is 2. The molecular formula is C16H20F2N4O2. The summed E-state index contributed by atoms with van der Waals surface area (Å²) in [6, 6.07) is 6.62. The van der Waals surface area contributed by atoms with Crippen molar-refractivity contribution in [1.29, 1.82) is 0 Å². The molecule has 0 saturated heterocycles. The fourth-order valence-corrected chi connectivity index (χ4v) is 2.14. The number of nitrogens with zero attached hydrogens (tertiary/aromatic N) is 3. The standard InChI is InChI=1S/C16H20F2N4O2/c1-4-10(2)19-14(23)9-24-21-11(3)15-20-12-7-5-6-8-13(12)22(15)16(17)18/h5-8,10,16H,4,9H2,1-3H3,(H,19,23). The third-order valence-electron chi connectivity index (χ3n) is 3.53. The van der Waals surface area contributed by atoms with Gasteiger partial charge in [0, 0.05) is 6.04 Å². The number of fused-ring (bicyclic) bond motifs is 1. The predicted octanol–water partition coefficient (Wildman–Crippen LogP) is 3.09. The highest BCUT2D eigenvalue weighted by Crippen LogP contribution is 2.23. The van der Waals surface area contributed by atoms with Crippen molar-refractivity contribution < 1.29 is 18.4 Å². The normalized spacial score (nSPS) is 13.3. The first-order chi connectivity index (χ1) is 11.4. The topological polar surface area (TPSA) is 68.5 Å². The minimum absolute atomic E-state index is 0.00790. The number of para-hydroxylation sites is 2. The molecular weight excluding hydrogens is 318 g/mol. The van der Waals surface area contributed by atoms with Crippen molar-refractivity contribution in [1.82, 2.24) is 14.9 Å². The van der Waals surface area contributed by atoms with Crippen LogP contribution in [0.4, 0.5) is 8.78 Å². The fraction of sp³-hybridized carbons (Fsp3) is 0.438. The SMILES string of the molecule is CCC(C)NC(=O)CON=C(C)c1nc2ccccc2n1C(F)F. The summed E-state index contributed by atoms with van der Waals surface area (Å²) in [6.07, 6.45) is 0.798. The molecule has 0 saturated carbocycles. The van der Waals surface area contributed by atoms with Crippen molar-refractivity contribution in [2.24, 2.45) is 5.16 Å². The molecule has 1 unspecified atom stereocenters. The number of hydrogen-bond donors (Lipinski definition) is 1. The van der Waals surface area contributed by atoms with Crippen molar-refractivity contribution in [3.05, 3.63) is 30.1 Å². The van der Waals surface area contributed by atoms with Crippen LogP contribution in [0.15, 0.2) is 29.4 Å². The molecule has 0 spiro atoms. The lowest BCUT2D eigenvalue weighted by molar-refractivity contribution is -0.126. The molecule has 8 heteroatoms. The van der Waals surface area contributed by atoms with E-state index in [1.54, 1.807) is 24.3 Å². The summed E-state index contributed by atoms with van der Waals surface area (Å²) >= 11 is 0. The van der Waals surface area contributed by atoms with E-state index in [0.717, 1.165) is 11.0 Å². The van der Waals surface area contributed by atoms with E-state index in [9.17, 15) is 13.6 Å². The molecule has 0 aliphatic carbocycles. The Bertz CT molecular complexity index is 743. The maximum Gasteiger partial charge on any atom is 0.320 e. The molecule has 2 rings (SSSR count). The maximum absolute atomic E-state index is 13.3. The Labute approximate surface area is 138 Å². The van der Waals surface area contributed by atoms with E-state index in [0.29, 0.717) is 11.0 Å². The van der Waals surface area contributed by atoms with Gasteiger partial charge in [0.25, 0.3) is 5.91 Å². The summed E-state index contributed by atoms with van der Waals surface area (Å²) in [5.74, 6) is -0.309. The number of oxime groups is 1. The third-order valence-corrected chi connectivity index (χ3v) is 3.53. The lowest BCUT2D eigenvalue weighted by Gasteiger charge is -2.10. The van der Waals surface area contributed by atoms with Crippen molar-refractivity contribution in [2.75, 3.05) is 6.61 Å². The second-order valence-corrected chi connectivity index (χ2v) is 5.40. The molecule has 0 bridgehead atoms. The minimum atomic E-state index is -2.76. The van der Waals surface area contributed by atoms with Crippen molar-refractivity contribution >= 4 is 22.7 Å². The third kappa shape index (κ3) is 4.06. The fourth-order valence-electron chi connectivity index (χ4n) is 2.14. The summed E-state index contributed by atoms with van der Waals surface area (Å²) in [6.45, 7) is 2.29. The van der Waals surface area contributed by atoms with Crippen LogP contribution in [0, 0.1) is 0 Å². The molecule has 0 aliphatic heterocycles. The van der Waals surface area contributed by atoms with Crippen LogP contribution in [0.1, 0.15) is 39.6 Å². The van der Waals surface area contributed by atoms with Gasteiger partial charge in [-0.05, 0) is 32.4 Å². The molecule has 0 radical (unpaired) electrons. The number of rotatable bonds is 7. The minimum Gasteiger partial charge on any atom is -0.385 e. The molecule has 0 fully saturated rings.